The molecule has 0 unspecified atom stereocenters. The second kappa shape index (κ2) is 5.53. The van der Waals surface area contributed by atoms with Crippen molar-refractivity contribution in [3.05, 3.63) is 0 Å². The fraction of sp³-hybridized carbons (Fsp3) is 1.00. The average molecular weight is 397 g/mol. The Kier molecular flexibility index (Phi) is 5.39. The standard InChI is InChI=1S/C7H4ClF11O2S/c8-22(20,21)2-1-3(9,10)4(11,12)5(13,14)6(15,16)7(17,18)19/h1-2H2. The van der Waals surface area contributed by atoms with Crippen molar-refractivity contribution in [1.82, 2.24) is 0 Å². The normalized spacial score (nSPS) is 16.0. The summed E-state index contributed by atoms with van der Waals surface area (Å²) in [6, 6.07) is 0. The monoisotopic (exact) mass is 396 g/mol. The molecule has 134 valence electrons. The van der Waals surface area contributed by atoms with Crippen LogP contribution < -0.4 is 0 Å². The van der Waals surface area contributed by atoms with Gasteiger partial charge >= 0.3 is 29.9 Å². The molecule has 0 radical (unpaired) electrons. The van der Waals surface area contributed by atoms with E-state index in [2.05, 4.69) is 10.7 Å². The Morgan fingerprint density at radius 3 is 1.32 bits per heavy atom. The highest BCUT2D eigenvalue weighted by molar-refractivity contribution is 8.13. The maximum Gasteiger partial charge on any atom is 0.460 e. The molecule has 0 aromatic carbocycles. The molecule has 2 nitrogen and oxygen atoms in total. The molecule has 0 aromatic rings. The van der Waals surface area contributed by atoms with E-state index in [1.165, 1.54) is 0 Å². The minimum absolute atomic E-state index is 2.06. The number of alkyl halides is 11. The van der Waals surface area contributed by atoms with E-state index in [-0.39, 0.29) is 0 Å². The van der Waals surface area contributed by atoms with Crippen molar-refractivity contribution >= 4 is 19.7 Å². The first-order valence-corrected chi connectivity index (χ1v) is 7.19. The molecule has 0 fully saturated rings. The van der Waals surface area contributed by atoms with Gasteiger partial charge in [0.2, 0.25) is 9.05 Å². The van der Waals surface area contributed by atoms with Crippen LogP contribution >= 0.6 is 10.7 Å². The van der Waals surface area contributed by atoms with Crippen molar-refractivity contribution in [1.29, 1.82) is 0 Å². The predicted molar refractivity (Wildman–Crippen MR) is 50.1 cm³/mol. The van der Waals surface area contributed by atoms with E-state index < -0.39 is 51.1 Å². The van der Waals surface area contributed by atoms with Crippen LogP contribution in [0.1, 0.15) is 6.42 Å². The van der Waals surface area contributed by atoms with Crippen molar-refractivity contribution in [2.75, 3.05) is 5.75 Å². The van der Waals surface area contributed by atoms with Gasteiger partial charge in [0, 0.05) is 17.1 Å². The van der Waals surface area contributed by atoms with Crippen molar-refractivity contribution in [2.45, 2.75) is 36.3 Å². The molecule has 0 saturated heterocycles. The number of halogens is 12. The molecule has 0 saturated carbocycles. The molecule has 0 atom stereocenters. The zero-order valence-corrected chi connectivity index (χ0v) is 11.2. The Balaban J connectivity index is 5.79. The summed E-state index contributed by atoms with van der Waals surface area (Å²) in [4.78, 5) is 0. The van der Waals surface area contributed by atoms with Gasteiger partial charge in [0.05, 0.1) is 5.75 Å². The van der Waals surface area contributed by atoms with Gasteiger partial charge in [0.25, 0.3) is 0 Å². The van der Waals surface area contributed by atoms with Gasteiger partial charge in [0.15, 0.2) is 0 Å². The average Bonchev–Trinajstić information content (AvgIpc) is 2.23. The lowest BCUT2D eigenvalue weighted by atomic mass is 9.96. The third-order valence-electron chi connectivity index (χ3n) is 2.26. The summed E-state index contributed by atoms with van der Waals surface area (Å²) in [5, 5.41) is 0. The molecule has 0 aromatic heterocycles. The molecule has 0 amide bonds. The SMILES string of the molecule is O=S(=O)(Cl)CCC(F)(F)C(F)(F)C(F)(F)C(F)(F)C(F)(F)F. The lowest BCUT2D eigenvalue weighted by Crippen LogP contribution is -2.66. The summed E-state index contributed by atoms with van der Waals surface area (Å²) >= 11 is 0. The van der Waals surface area contributed by atoms with Crippen LogP contribution in [0.3, 0.4) is 0 Å². The Labute approximate surface area is 119 Å². The van der Waals surface area contributed by atoms with Crippen molar-refractivity contribution < 1.29 is 56.7 Å². The molecule has 0 spiro atoms. The number of hydrogen-bond acceptors (Lipinski definition) is 2. The molecule has 0 rings (SSSR count). The van der Waals surface area contributed by atoms with Crippen LogP contribution in [-0.2, 0) is 9.05 Å². The van der Waals surface area contributed by atoms with Crippen LogP contribution in [0.5, 0.6) is 0 Å². The van der Waals surface area contributed by atoms with E-state index in [9.17, 15) is 56.7 Å². The first-order chi connectivity index (χ1) is 9.21. The topological polar surface area (TPSA) is 34.1 Å². The maximum atomic E-state index is 12.9. The number of rotatable bonds is 6. The van der Waals surface area contributed by atoms with Gasteiger partial charge in [-0.3, -0.25) is 0 Å². The lowest BCUT2D eigenvalue weighted by Gasteiger charge is -2.37. The molecule has 22 heavy (non-hydrogen) atoms. The molecule has 0 N–H and O–H groups in total. The minimum Gasteiger partial charge on any atom is -0.212 e. The van der Waals surface area contributed by atoms with Gasteiger partial charge in [-0.05, 0) is 0 Å². The molecule has 0 aliphatic heterocycles. The molecule has 0 heterocycles. The minimum atomic E-state index is -7.54. The number of hydrogen-bond donors (Lipinski definition) is 0. The quantitative estimate of drug-likeness (QED) is 0.501. The molecule has 15 heteroatoms. The van der Waals surface area contributed by atoms with Gasteiger partial charge in [-0.25, -0.2) is 8.42 Å². The smallest absolute Gasteiger partial charge is 0.212 e. The van der Waals surface area contributed by atoms with Crippen LogP contribution in [-0.4, -0.2) is 44.0 Å². The fourth-order valence-corrected chi connectivity index (χ4v) is 1.74. The lowest BCUT2D eigenvalue weighted by molar-refractivity contribution is -0.422. The highest BCUT2D eigenvalue weighted by Gasteiger charge is 2.86. The molecule has 0 bridgehead atoms. The van der Waals surface area contributed by atoms with E-state index in [0.717, 1.165) is 0 Å². The van der Waals surface area contributed by atoms with Crippen LogP contribution in [0.25, 0.3) is 0 Å². The van der Waals surface area contributed by atoms with E-state index >= 15 is 0 Å². The summed E-state index contributed by atoms with van der Waals surface area (Å²) in [7, 11) is -0.578. The van der Waals surface area contributed by atoms with E-state index in [4.69, 9.17) is 0 Å². The Morgan fingerprint density at radius 2 is 1.05 bits per heavy atom. The van der Waals surface area contributed by atoms with E-state index in [1.807, 2.05) is 0 Å². The van der Waals surface area contributed by atoms with Crippen LogP contribution in [0.15, 0.2) is 0 Å². The van der Waals surface area contributed by atoms with Crippen molar-refractivity contribution in [2.24, 2.45) is 0 Å². The van der Waals surface area contributed by atoms with Crippen LogP contribution in [0.4, 0.5) is 48.3 Å². The molecular weight excluding hydrogens is 393 g/mol. The highest BCUT2D eigenvalue weighted by Crippen LogP contribution is 2.57. The van der Waals surface area contributed by atoms with Crippen molar-refractivity contribution in [3.8, 4) is 0 Å². The summed E-state index contributed by atoms with van der Waals surface area (Å²) in [5.74, 6) is -30.5. The Hall–Kier alpha value is -0.530. The third kappa shape index (κ3) is 3.68. The first-order valence-electron chi connectivity index (χ1n) is 4.71. The van der Waals surface area contributed by atoms with Gasteiger partial charge in [-0.1, -0.05) is 0 Å². The van der Waals surface area contributed by atoms with Gasteiger partial charge < -0.3 is 0 Å². The van der Waals surface area contributed by atoms with Gasteiger partial charge in [-0.2, -0.15) is 48.3 Å². The molecule has 0 aliphatic rings. The zero-order chi connectivity index (χ0) is 18.4. The predicted octanol–water partition coefficient (Wildman–Crippen LogP) is 4.05. The highest BCUT2D eigenvalue weighted by atomic mass is 35.7. The fourth-order valence-electron chi connectivity index (χ4n) is 1.01. The summed E-state index contributed by atoms with van der Waals surface area (Å²) in [6.07, 6.45) is -9.95. The Bertz CT molecular complexity index is 509. The largest absolute Gasteiger partial charge is 0.460 e. The second-order valence-corrected chi connectivity index (χ2v) is 6.81. The zero-order valence-electron chi connectivity index (χ0n) is 9.67. The third-order valence-corrected chi connectivity index (χ3v) is 3.42. The molecular formula is C7H4ClF11O2S. The van der Waals surface area contributed by atoms with Crippen LogP contribution in [0.2, 0.25) is 0 Å². The summed E-state index contributed by atoms with van der Waals surface area (Å²) in [5.41, 5.74) is 0. The Morgan fingerprint density at radius 1 is 0.682 bits per heavy atom. The maximum absolute atomic E-state index is 12.9. The van der Waals surface area contributed by atoms with Crippen LogP contribution in [0, 0.1) is 0 Å². The summed E-state index contributed by atoms with van der Waals surface area (Å²) in [6.45, 7) is 0. The van der Waals surface area contributed by atoms with Crippen molar-refractivity contribution in [3.63, 3.8) is 0 Å². The second-order valence-electron chi connectivity index (χ2n) is 3.92. The summed E-state index contributed by atoms with van der Waals surface area (Å²) < 4.78 is 157. The molecule has 0 aliphatic carbocycles. The van der Waals surface area contributed by atoms with E-state index in [0.29, 0.717) is 0 Å². The first kappa shape index (κ1) is 21.5. The van der Waals surface area contributed by atoms with E-state index in [1.54, 1.807) is 0 Å². The van der Waals surface area contributed by atoms with Gasteiger partial charge in [-0.15, -0.1) is 0 Å². The van der Waals surface area contributed by atoms with Gasteiger partial charge in [0.1, 0.15) is 0 Å².